The Bertz CT molecular complexity index is 963. The molecule has 1 fully saturated rings. The Hall–Kier alpha value is -2.86. The molecule has 0 bridgehead atoms. The summed E-state index contributed by atoms with van der Waals surface area (Å²) in [4.78, 5) is 8.56. The summed E-state index contributed by atoms with van der Waals surface area (Å²) < 4.78 is 0. The van der Waals surface area contributed by atoms with Crippen LogP contribution in [-0.4, -0.2) is 34.7 Å². The van der Waals surface area contributed by atoms with Crippen molar-refractivity contribution in [2.24, 2.45) is 4.99 Å². The number of nitrogens with zero attached hydrogens (tertiary/aromatic N) is 3. The number of rotatable bonds is 6. The second kappa shape index (κ2) is 8.02. The predicted molar refractivity (Wildman–Crippen MR) is 112 cm³/mol. The van der Waals surface area contributed by atoms with Crippen molar-refractivity contribution in [1.82, 2.24) is 25.8 Å². The normalized spacial score (nSPS) is 15.3. The number of guanidine groups is 1. The van der Waals surface area contributed by atoms with E-state index in [0.29, 0.717) is 6.54 Å². The Kier molecular flexibility index (Phi) is 5.30. The van der Waals surface area contributed by atoms with Crippen LogP contribution < -0.4 is 10.6 Å². The van der Waals surface area contributed by atoms with Crippen LogP contribution in [0, 0.1) is 0 Å². The summed E-state index contributed by atoms with van der Waals surface area (Å²) >= 11 is 6.17. The van der Waals surface area contributed by atoms with Crippen molar-refractivity contribution in [2.75, 3.05) is 13.6 Å². The smallest absolute Gasteiger partial charge is 0.191 e. The van der Waals surface area contributed by atoms with Crippen molar-refractivity contribution < 1.29 is 0 Å². The third-order valence-corrected chi connectivity index (χ3v) is 5.42. The Balaban J connectivity index is 1.35. The van der Waals surface area contributed by atoms with Crippen LogP contribution >= 0.6 is 11.6 Å². The van der Waals surface area contributed by atoms with E-state index >= 15 is 0 Å². The molecule has 28 heavy (non-hydrogen) atoms. The zero-order chi connectivity index (χ0) is 19.4. The van der Waals surface area contributed by atoms with Crippen molar-refractivity contribution in [3.8, 4) is 11.4 Å². The molecule has 1 aromatic heterocycles. The fraction of sp³-hybridized carbons (Fsp3) is 0.286. The van der Waals surface area contributed by atoms with Gasteiger partial charge in [-0.25, -0.2) is 4.98 Å². The molecule has 1 aliphatic rings. The molecule has 2 aromatic carbocycles. The number of aromatic amines is 1. The average molecular weight is 395 g/mol. The summed E-state index contributed by atoms with van der Waals surface area (Å²) in [5.41, 5.74) is 3.61. The molecule has 7 heteroatoms. The lowest BCUT2D eigenvalue weighted by Gasteiger charge is -2.19. The minimum absolute atomic E-state index is 0.161. The summed E-state index contributed by atoms with van der Waals surface area (Å²) in [7, 11) is 1.79. The molecule has 144 valence electrons. The van der Waals surface area contributed by atoms with E-state index < -0.39 is 0 Å². The molecular formula is C21H23ClN6. The summed E-state index contributed by atoms with van der Waals surface area (Å²) in [6.45, 7) is 1.51. The molecule has 0 spiro atoms. The Labute approximate surface area is 169 Å². The number of H-pyrrole nitrogens is 1. The van der Waals surface area contributed by atoms with Gasteiger partial charge in [-0.1, -0.05) is 41.9 Å². The number of aromatic nitrogens is 3. The lowest BCUT2D eigenvalue weighted by molar-refractivity contribution is 0.645. The minimum atomic E-state index is 0.161. The molecule has 0 aliphatic heterocycles. The molecule has 0 radical (unpaired) electrons. The van der Waals surface area contributed by atoms with Gasteiger partial charge in [-0.15, -0.1) is 0 Å². The topological polar surface area (TPSA) is 78.0 Å². The summed E-state index contributed by atoms with van der Waals surface area (Å²) in [5.74, 6) is 1.56. The van der Waals surface area contributed by atoms with E-state index in [0.717, 1.165) is 47.3 Å². The Morgan fingerprint density at radius 2 is 2.04 bits per heavy atom. The minimum Gasteiger partial charge on any atom is -0.356 e. The Morgan fingerprint density at radius 3 is 2.75 bits per heavy atom. The van der Waals surface area contributed by atoms with Crippen LogP contribution in [0.15, 0.2) is 59.9 Å². The van der Waals surface area contributed by atoms with Crippen molar-refractivity contribution in [1.29, 1.82) is 0 Å². The number of nitrogens with one attached hydrogen (secondary N) is 3. The molecule has 3 aromatic rings. The van der Waals surface area contributed by atoms with Crippen LogP contribution in [0.2, 0.25) is 5.02 Å². The first-order valence-corrected chi connectivity index (χ1v) is 9.72. The van der Waals surface area contributed by atoms with Gasteiger partial charge in [0.2, 0.25) is 0 Å². The van der Waals surface area contributed by atoms with E-state index in [9.17, 15) is 0 Å². The zero-order valence-corrected chi connectivity index (χ0v) is 16.5. The SMILES string of the molecule is CN=C(NCc1cccc(-c2ncn[nH]2)c1)NCC1(c2cccc(Cl)c2)CC1. The van der Waals surface area contributed by atoms with E-state index in [-0.39, 0.29) is 5.41 Å². The van der Waals surface area contributed by atoms with E-state index in [1.165, 1.54) is 11.9 Å². The third-order valence-electron chi connectivity index (χ3n) is 5.18. The average Bonchev–Trinajstić information content (AvgIpc) is 3.31. The summed E-state index contributed by atoms with van der Waals surface area (Å²) in [5, 5.41) is 14.5. The molecule has 1 saturated carbocycles. The number of halogens is 1. The largest absolute Gasteiger partial charge is 0.356 e. The summed E-state index contributed by atoms with van der Waals surface area (Å²) in [6, 6.07) is 16.4. The van der Waals surface area contributed by atoms with Gasteiger partial charge in [0.05, 0.1) is 0 Å². The predicted octanol–water partition coefficient (Wildman–Crippen LogP) is 3.52. The van der Waals surface area contributed by atoms with Crippen LogP contribution in [0.5, 0.6) is 0 Å². The van der Waals surface area contributed by atoms with Crippen LogP contribution in [0.3, 0.4) is 0 Å². The van der Waals surface area contributed by atoms with Gasteiger partial charge in [-0.05, 0) is 42.2 Å². The number of aliphatic imine (C=N–C) groups is 1. The van der Waals surface area contributed by atoms with Gasteiger partial charge in [0.25, 0.3) is 0 Å². The molecule has 1 heterocycles. The van der Waals surface area contributed by atoms with Crippen molar-refractivity contribution in [3.63, 3.8) is 0 Å². The molecular weight excluding hydrogens is 372 g/mol. The molecule has 3 N–H and O–H groups in total. The molecule has 0 unspecified atom stereocenters. The molecule has 6 nitrogen and oxygen atoms in total. The van der Waals surface area contributed by atoms with Crippen LogP contribution in [-0.2, 0) is 12.0 Å². The second-order valence-electron chi connectivity index (χ2n) is 7.10. The van der Waals surface area contributed by atoms with Gasteiger partial charge in [-0.3, -0.25) is 10.1 Å². The maximum Gasteiger partial charge on any atom is 0.191 e. The first kappa shape index (κ1) is 18.5. The molecule has 4 rings (SSSR count). The summed E-state index contributed by atoms with van der Waals surface area (Å²) in [6.07, 6.45) is 3.84. The molecule has 0 saturated heterocycles. The number of hydrogen-bond donors (Lipinski definition) is 3. The highest BCUT2D eigenvalue weighted by Gasteiger charge is 2.44. The Morgan fingerprint density at radius 1 is 1.18 bits per heavy atom. The van der Waals surface area contributed by atoms with Crippen molar-refractivity contribution in [2.45, 2.75) is 24.8 Å². The number of benzene rings is 2. The van der Waals surface area contributed by atoms with Gasteiger partial charge in [0, 0.05) is 36.1 Å². The highest BCUT2D eigenvalue weighted by Crippen LogP contribution is 2.48. The van der Waals surface area contributed by atoms with E-state index in [2.05, 4.69) is 55.1 Å². The van der Waals surface area contributed by atoms with Gasteiger partial charge in [0.15, 0.2) is 11.8 Å². The van der Waals surface area contributed by atoms with Crippen LogP contribution in [0.1, 0.15) is 24.0 Å². The number of hydrogen-bond acceptors (Lipinski definition) is 3. The van der Waals surface area contributed by atoms with Gasteiger partial charge >= 0.3 is 0 Å². The monoisotopic (exact) mass is 394 g/mol. The first-order chi connectivity index (χ1) is 13.7. The highest BCUT2D eigenvalue weighted by atomic mass is 35.5. The fourth-order valence-electron chi connectivity index (χ4n) is 3.37. The van der Waals surface area contributed by atoms with Gasteiger partial charge in [-0.2, -0.15) is 5.10 Å². The maximum atomic E-state index is 6.17. The van der Waals surface area contributed by atoms with Gasteiger partial charge < -0.3 is 10.6 Å². The van der Waals surface area contributed by atoms with E-state index in [1.54, 1.807) is 7.05 Å². The molecule has 0 atom stereocenters. The maximum absolute atomic E-state index is 6.17. The van der Waals surface area contributed by atoms with E-state index in [4.69, 9.17) is 11.6 Å². The second-order valence-corrected chi connectivity index (χ2v) is 7.54. The van der Waals surface area contributed by atoms with Crippen LogP contribution in [0.4, 0.5) is 0 Å². The third kappa shape index (κ3) is 4.17. The fourth-order valence-corrected chi connectivity index (χ4v) is 3.56. The zero-order valence-electron chi connectivity index (χ0n) is 15.7. The first-order valence-electron chi connectivity index (χ1n) is 9.34. The van der Waals surface area contributed by atoms with Crippen molar-refractivity contribution in [3.05, 3.63) is 71.0 Å². The quantitative estimate of drug-likeness (QED) is 0.441. The molecule has 1 aliphatic carbocycles. The standard InChI is InChI=1S/C21H23ClN6/c1-23-20(25-13-21(8-9-21)17-6-3-7-18(22)11-17)24-12-15-4-2-5-16(10-15)19-26-14-27-28-19/h2-7,10-11,14H,8-9,12-13H2,1H3,(H2,23,24,25)(H,26,27,28). The highest BCUT2D eigenvalue weighted by molar-refractivity contribution is 6.30. The van der Waals surface area contributed by atoms with Crippen molar-refractivity contribution >= 4 is 17.6 Å². The molecule has 0 amide bonds. The lowest BCUT2D eigenvalue weighted by Crippen LogP contribution is -2.40. The van der Waals surface area contributed by atoms with E-state index in [1.807, 2.05) is 24.3 Å². The van der Waals surface area contributed by atoms with Gasteiger partial charge in [0.1, 0.15) is 6.33 Å². The lowest BCUT2D eigenvalue weighted by atomic mass is 9.96. The van der Waals surface area contributed by atoms with Crippen LogP contribution in [0.25, 0.3) is 11.4 Å².